The van der Waals surface area contributed by atoms with E-state index in [1.165, 1.54) is 5.56 Å². The summed E-state index contributed by atoms with van der Waals surface area (Å²) >= 11 is 0. The van der Waals surface area contributed by atoms with Gasteiger partial charge >= 0.3 is 0 Å². The highest BCUT2D eigenvalue weighted by Crippen LogP contribution is 2.35. The Morgan fingerprint density at radius 1 is 0.791 bits per heavy atom. The molecule has 1 fully saturated rings. The minimum atomic E-state index is -0.120. The number of nitrogens with zero attached hydrogens (tertiary/aromatic N) is 3. The minimum absolute atomic E-state index is 0.120. The van der Waals surface area contributed by atoms with Gasteiger partial charge in [0.15, 0.2) is 0 Å². The Hall–Kier alpha value is -4.98. The number of carbonyl (C=O) groups is 1. The maximum Gasteiger partial charge on any atom is 0.255 e. The molecule has 3 heterocycles. The smallest absolute Gasteiger partial charge is 0.255 e. The van der Waals surface area contributed by atoms with Crippen LogP contribution in [0.25, 0.3) is 33.2 Å². The zero-order valence-electron chi connectivity index (χ0n) is 24.1. The highest BCUT2D eigenvalue weighted by atomic mass is 16.3. The van der Waals surface area contributed by atoms with Crippen LogP contribution in [-0.2, 0) is 6.54 Å². The van der Waals surface area contributed by atoms with Crippen LogP contribution in [0.3, 0.4) is 0 Å². The highest BCUT2D eigenvalue weighted by Gasteiger charge is 2.15. The molecule has 0 saturated carbocycles. The Morgan fingerprint density at radius 3 is 2.35 bits per heavy atom. The molecule has 0 unspecified atom stereocenters. The number of likely N-dealkylation sites (N-methyl/N-ethyl adjacent to an activating group) is 1. The summed E-state index contributed by atoms with van der Waals surface area (Å²) < 4.78 is 6.21. The third-order valence-corrected chi connectivity index (χ3v) is 8.09. The molecule has 4 aromatic carbocycles. The van der Waals surface area contributed by atoms with E-state index < -0.39 is 0 Å². The molecule has 43 heavy (non-hydrogen) atoms. The number of rotatable bonds is 7. The lowest BCUT2D eigenvalue weighted by atomic mass is 10.1. The van der Waals surface area contributed by atoms with Crippen LogP contribution in [0.15, 0.2) is 114 Å². The van der Waals surface area contributed by atoms with E-state index in [2.05, 4.69) is 56.7 Å². The van der Waals surface area contributed by atoms with Crippen molar-refractivity contribution in [2.75, 3.05) is 43.9 Å². The van der Waals surface area contributed by atoms with Crippen LogP contribution in [0.2, 0.25) is 0 Å². The lowest BCUT2D eigenvalue weighted by Gasteiger charge is -2.32. The molecular formula is C36H33N5O2. The summed E-state index contributed by atoms with van der Waals surface area (Å²) in [6, 6.07) is 33.8. The summed E-state index contributed by atoms with van der Waals surface area (Å²) in [6.07, 6.45) is 1.80. The lowest BCUT2D eigenvalue weighted by molar-refractivity contribution is 0.102. The van der Waals surface area contributed by atoms with Gasteiger partial charge in [-0.15, -0.1) is 0 Å². The molecule has 6 aromatic rings. The predicted molar refractivity (Wildman–Crippen MR) is 174 cm³/mol. The Balaban J connectivity index is 1.00. The zero-order valence-corrected chi connectivity index (χ0v) is 24.1. The second-order valence-corrected chi connectivity index (χ2v) is 11.1. The van der Waals surface area contributed by atoms with Gasteiger partial charge in [0.05, 0.1) is 5.69 Å². The number of furan rings is 1. The van der Waals surface area contributed by atoms with E-state index in [1.54, 1.807) is 6.20 Å². The van der Waals surface area contributed by atoms with Gasteiger partial charge in [-0.25, -0.2) is 0 Å². The minimum Gasteiger partial charge on any atom is -0.455 e. The van der Waals surface area contributed by atoms with Crippen LogP contribution in [0.1, 0.15) is 15.9 Å². The van der Waals surface area contributed by atoms with E-state index in [0.29, 0.717) is 5.56 Å². The summed E-state index contributed by atoms with van der Waals surface area (Å²) in [5, 5.41) is 8.64. The molecule has 2 N–H and O–H groups in total. The van der Waals surface area contributed by atoms with E-state index in [-0.39, 0.29) is 5.91 Å². The van der Waals surface area contributed by atoms with E-state index in [0.717, 1.165) is 83.0 Å². The highest BCUT2D eigenvalue weighted by molar-refractivity contribution is 6.09. The summed E-state index contributed by atoms with van der Waals surface area (Å²) in [7, 11) is 2.16. The zero-order chi connectivity index (χ0) is 29.2. The number of hydrogen-bond acceptors (Lipinski definition) is 6. The molecule has 1 aliphatic rings. The maximum atomic E-state index is 12.9. The molecule has 0 radical (unpaired) electrons. The van der Waals surface area contributed by atoms with Crippen LogP contribution in [0.5, 0.6) is 0 Å². The molecule has 0 aliphatic carbocycles. The number of nitrogens with one attached hydrogen (secondary N) is 2. The van der Waals surface area contributed by atoms with Crippen LogP contribution >= 0.6 is 0 Å². The quantitative estimate of drug-likeness (QED) is 0.210. The number of para-hydroxylation sites is 2. The molecule has 1 saturated heterocycles. The Labute approximate surface area is 250 Å². The summed E-state index contributed by atoms with van der Waals surface area (Å²) in [5.74, 6) is -0.120. The number of carbonyl (C=O) groups excluding carboxylic acids is 1. The summed E-state index contributed by atoms with van der Waals surface area (Å²) in [6.45, 7) is 5.26. The molecule has 0 atom stereocenters. The molecule has 7 rings (SSSR count). The number of fused-ring (bicyclic) bond motifs is 3. The number of hydrogen-bond donors (Lipinski definition) is 2. The predicted octanol–water partition coefficient (Wildman–Crippen LogP) is 7.39. The van der Waals surface area contributed by atoms with Gasteiger partial charge in [-0.05, 0) is 73.3 Å². The number of anilines is 3. The van der Waals surface area contributed by atoms with Crippen molar-refractivity contribution in [3.63, 3.8) is 0 Å². The molecule has 1 amide bonds. The second-order valence-electron chi connectivity index (χ2n) is 11.1. The fourth-order valence-corrected chi connectivity index (χ4v) is 5.64. The number of pyridine rings is 1. The molecule has 214 valence electrons. The van der Waals surface area contributed by atoms with Crippen molar-refractivity contribution >= 4 is 44.9 Å². The van der Waals surface area contributed by atoms with E-state index >= 15 is 0 Å². The van der Waals surface area contributed by atoms with Crippen molar-refractivity contribution in [2.24, 2.45) is 0 Å². The maximum absolute atomic E-state index is 12.9. The Bertz CT molecular complexity index is 1890. The topological polar surface area (TPSA) is 73.6 Å². The number of amides is 1. The molecule has 7 heteroatoms. The fourth-order valence-electron chi connectivity index (χ4n) is 5.64. The summed E-state index contributed by atoms with van der Waals surface area (Å²) in [5.41, 5.74) is 7.90. The monoisotopic (exact) mass is 567 g/mol. The molecular weight excluding hydrogens is 534 g/mol. The van der Waals surface area contributed by atoms with Gasteiger partial charge in [0, 0.05) is 77.9 Å². The molecule has 1 aliphatic heterocycles. The van der Waals surface area contributed by atoms with Crippen molar-refractivity contribution in [1.82, 2.24) is 14.8 Å². The van der Waals surface area contributed by atoms with E-state index in [9.17, 15) is 4.79 Å². The number of benzene rings is 4. The van der Waals surface area contributed by atoms with Gasteiger partial charge in [-0.3, -0.25) is 14.7 Å². The summed E-state index contributed by atoms with van der Waals surface area (Å²) in [4.78, 5) is 22.3. The normalized spacial score (nSPS) is 14.3. The van der Waals surface area contributed by atoms with Crippen molar-refractivity contribution in [1.29, 1.82) is 0 Å². The van der Waals surface area contributed by atoms with Crippen molar-refractivity contribution < 1.29 is 9.21 Å². The number of aromatic nitrogens is 1. The molecule has 0 bridgehead atoms. The molecule has 7 nitrogen and oxygen atoms in total. The van der Waals surface area contributed by atoms with Crippen molar-refractivity contribution in [2.45, 2.75) is 6.54 Å². The fraction of sp³-hybridized carbons (Fsp3) is 0.167. The van der Waals surface area contributed by atoms with Gasteiger partial charge in [-0.1, -0.05) is 42.5 Å². The average Bonchev–Trinajstić information content (AvgIpc) is 3.43. The first-order valence-electron chi connectivity index (χ1n) is 14.6. The van der Waals surface area contributed by atoms with E-state index in [1.807, 2.05) is 78.9 Å². The second kappa shape index (κ2) is 11.7. The first-order chi connectivity index (χ1) is 21.1. The standard InChI is InChI=1S/C36H33N5O2/c1-40-19-21-41(22-20-40)24-25-9-11-26(12-10-25)36(42)39-28-15-13-27(14-16-28)38-29-17-18-37-33(23-29)32-7-4-6-31-30-5-2-3-8-34(30)43-35(31)32/h2-18,23H,19-22,24H2,1H3,(H,37,38)(H,39,42). The van der Waals surface area contributed by atoms with Crippen LogP contribution in [-0.4, -0.2) is 53.9 Å². The van der Waals surface area contributed by atoms with Gasteiger partial charge in [0.1, 0.15) is 11.2 Å². The Kier molecular flexibility index (Phi) is 7.33. The van der Waals surface area contributed by atoms with Crippen LogP contribution in [0.4, 0.5) is 17.1 Å². The molecule has 2 aromatic heterocycles. The number of piperazine rings is 1. The van der Waals surface area contributed by atoms with Crippen LogP contribution < -0.4 is 10.6 Å². The van der Waals surface area contributed by atoms with Crippen molar-refractivity contribution in [3.05, 3.63) is 120 Å². The van der Waals surface area contributed by atoms with Gasteiger partial charge in [0.2, 0.25) is 0 Å². The SMILES string of the molecule is CN1CCN(Cc2ccc(C(=O)Nc3ccc(Nc4ccnc(-c5cccc6c5oc5ccccc56)c4)cc3)cc2)CC1. The first kappa shape index (κ1) is 26.9. The van der Waals surface area contributed by atoms with Gasteiger partial charge < -0.3 is 20.0 Å². The average molecular weight is 568 g/mol. The molecule has 0 spiro atoms. The largest absolute Gasteiger partial charge is 0.455 e. The van der Waals surface area contributed by atoms with Crippen molar-refractivity contribution in [3.8, 4) is 11.3 Å². The van der Waals surface area contributed by atoms with Gasteiger partial charge in [-0.2, -0.15) is 0 Å². The van der Waals surface area contributed by atoms with Crippen LogP contribution in [0, 0.1) is 0 Å². The lowest BCUT2D eigenvalue weighted by Crippen LogP contribution is -2.43. The van der Waals surface area contributed by atoms with Gasteiger partial charge in [0.25, 0.3) is 5.91 Å². The third kappa shape index (κ3) is 5.86. The Morgan fingerprint density at radius 2 is 1.53 bits per heavy atom. The third-order valence-electron chi connectivity index (χ3n) is 8.09. The van der Waals surface area contributed by atoms with E-state index in [4.69, 9.17) is 4.42 Å². The first-order valence-corrected chi connectivity index (χ1v) is 14.6.